The Balaban J connectivity index is 2.59. The van der Waals surface area contributed by atoms with Crippen molar-refractivity contribution in [2.45, 2.75) is 19.3 Å². The Morgan fingerprint density at radius 1 is 1.10 bits per heavy atom. The zero-order chi connectivity index (χ0) is 15.9. The van der Waals surface area contributed by atoms with Gasteiger partial charge in [-0.1, -0.05) is 30.3 Å². The molecule has 0 bridgehead atoms. The Morgan fingerprint density at radius 2 is 1.71 bits per heavy atom. The summed E-state index contributed by atoms with van der Waals surface area (Å²) in [6, 6.07) is 9.03. The van der Waals surface area contributed by atoms with Crippen molar-refractivity contribution in [3.8, 4) is 0 Å². The van der Waals surface area contributed by atoms with Crippen LogP contribution in [0.25, 0.3) is 0 Å². The third-order valence-electron chi connectivity index (χ3n) is 3.06. The van der Waals surface area contributed by atoms with Crippen LogP contribution >= 0.6 is 0 Å². The van der Waals surface area contributed by atoms with Crippen molar-refractivity contribution in [2.75, 3.05) is 11.5 Å². The van der Waals surface area contributed by atoms with E-state index in [-0.39, 0.29) is 18.6 Å². The molecule has 7 heteroatoms. The summed E-state index contributed by atoms with van der Waals surface area (Å²) in [6.45, 7) is 0. The van der Waals surface area contributed by atoms with E-state index in [1.165, 1.54) is 0 Å². The summed E-state index contributed by atoms with van der Waals surface area (Å²) >= 11 is 0. The fourth-order valence-electron chi connectivity index (χ4n) is 1.88. The van der Waals surface area contributed by atoms with Crippen molar-refractivity contribution in [3.63, 3.8) is 0 Å². The molecule has 0 aromatic heterocycles. The van der Waals surface area contributed by atoms with Gasteiger partial charge >= 0.3 is 11.9 Å². The van der Waals surface area contributed by atoms with E-state index in [2.05, 4.69) is 0 Å². The molecule has 21 heavy (non-hydrogen) atoms. The van der Waals surface area contributed by atoms with Crippen LogP contribution in [0, 0.1) is 5.92 Å². The normalized spacial score (nSPS) is 12.8. The molecule has 0 amide bonds. The number of carboxylic acid groups (broad SMARTS) is 2. The molecule has 0 aliphatic heterocycles. The predicted octanol–water partition coefficient (Wildman–Crippen LogP) is 1.21. The molecular weight excluding hydrogens is 296 g/mol. The van der Waals surface area contributed by atoms with Gasteiger partial charge in [-0.3, -0.25) is 9.59 Å². The number of aryl methyl sites for hydroxylation is 1. The van der Waals surface area contributed by atoms with E-state index in [9.17, 15) is 18.0 Å². The van der Waals surface area contributed by atoms with Crippen LogP contribution in [0.5, 0.6) is 0 Å². The summed E-state index contributed by atoms with van der Waals surface area (Å²) in [4.78, 5) is 21.5. The van der Waals surface area contributed by atoms with E-state index < -0.39 is 33.4 Å². The molecule has 0 saturated heterocycles. The highest BCUT2D eigenvalue weighted by Crippen LogP contribution is 2.12. The van der Waals surface area contributed by atoms with Gasteiger partial charge in [0.2, 0.25) is 0 Å². The lowest BCUT2D eigenvalue weighted by Crippen LogP contribution is -2.26. The van der Waals surface area contributed by atoms with Gasteiger partial charge in [0.1, 0.15) is 0 Å². The Hall–Kier alpha value is -1.89. The fraction of sp³-hybridized carbons (Fsp3) is 0.429. The summed E-state index contributed by atoms with van der Waals surface area (Å²) in [5, 5.41) is 17.5. The predicted molar refractivity (Wildman–Crippen MR) is 76.8 cm³/mol. The molecule has 6 nitrogen and oxygen atoms in total. The van der Waals surface area contributed by atoms with Crippen molar-refractivity contribution in [1.82, 2.24) is 0 Å². The largest absolute Gasteiger partial charge is 0.481 e. The summed E-state index contributed by atoms with van der Waals surface area (Å²) in [7, 11) is -3.55. The Kier molecular flexibility index (Phi) is 6.36. The minimum Gasteiger partial charge on any atom is -0.481 e. The maximum atomic E-state index is 12.0. The van der Waals surface area contributed by atoms with Crippen molar-refractivity contribution in [2.24, 2.45) is 5.92 Å². The van der Waals surface area contributed by atoms with E-state index in [1.54, 1.807) is 24.3 Å². The average Bonchev–Trinajstić information content (AvgIpc) is 2.42. The minimum atomic E-state index is -3.55. The number of hydrogen-bond acceptors (Lipinski definition) is 4. The van der Waals surface area contributed by atoms with Crippen LogP contribution in [-0.2, 0) is 25.8 Å². The lowest BCUT2D eigenvalue weighted by molar-refractivity contribution is -0.142. The Bertz CT molecular complexity index is 579. The van der Waals surface area contributed by atoms with Crippen LogP contribution in [0.3, 0.4) is 0 Å². The van der Waals surface area contributed by atoms with Gasteiger partial charge in [0, 0.05) is 6.42 Å². The summed E-state index contributed by atoms with van der Waals surface area (Å²) in [5.74, 6) is -4.26. The van der Waals surface area contributed by atoms with Gasteiger partial charge in [-0.2, -0.15) is 0 Å². The van der Waals surface area contributed by atoms with Gasteiger partial charge in [0.05, 0.1) is 17.4 Å². The molecule has 1 unspecified atom stereocenters. The van der Waals surface area contributed by atoms with Crippen LogP contribution in [0.15, 0.2) is 30.3 Å². The smallest absolute Gasteiger partial charge is 0.307 e. The molecule has 0 spiro atoms. The molecule has 116 valence electrons. The summed E-state index contributed by atoms with van der Waals surface area (Å²) in [6.07, 6.45) is -0.227. The average molecular weight is 314 g/mol. The summed E-state index contributed by atoms with van der Waals surface area (Å²) < 4.78 is 23.9. The van der Waals surface area contributed by atoms with Gasteiger partial charge in [0.25, 0.3) is 0 Å². The van der Waals surface area contributed by atoms with Crippen molar-refractivity contribution >= 4 is 21.8 Å². The second-order valence-electron chi connectivity index (χ2n) is 4.82. The molecule has 0 aliphatic carbocycles. The lowest BCUT2D eigenvalue weighted by Gasteiger charge is -2.11. The molecular formula is C14H18O6S. The van der Waals surface area contributed by atoms with E-state index in [0.717, 1.165) is 5.56 Å². The number of carbonyl (C=O) groups is 2. The SMILES string of the molecule is O=C(O)CCC(CS(=O)(=O)CCc1ccccc1)C(=O)O. The standard InChI is InChI=1S/C14H18O6S/c15-13(16)7-6-12(14(17)18)10-21(19,20)9-8-11-4-2-1-3-5-11/h1-5,12H,6-10H2,(H,15,16)(H,17,18). The summed E-state index contributed by atoms with van der Waals surface area (Å²) in [5.41, 5.74) is 0.860. The van der Waals surface area contributed by atoms with E-state index >= 15 is 0 Å². The highest BCUT2D eigenvalue weighted by Gasteiger charge is 2.25. The first kappa shape index (κ1) is 17.2. The highest BCUT2D eigenvalue weighted by atomic mass is 32.2. The molecule has 1 atom stereocenters. The third-order valence-corrected chi connectivity index (χ3v) is 4.79. The molecule has 0 fully saturated rings. The molecule has 1 rings (SSSR count). The van der Waals surface area contributed by atoms with E-state index in [1.807, 2.05) is 6.07 Å². The monoisotopic (exact) mass is 314 g/mol. The Morgan fingerprint density at radius 3 is 2.24 bits per heavy atom. The quantitative estimate of drug-likeness (QED) is 0.709. The van der Waals surface area contributed by atoms with Gasteiger partial charge in [0.15, 0.2) is 9.84 Å². The topological polar surface area (TPSA) is 109 Å². The second-order valence-corrected chi connectivity index (χ2v) is 7.05. The molecule has 1 aromatic carbocycles. The van der Waals surface area contributed by atoms with E-state index in [0.29, 0.717) is 6.42 Å². The fourth-order valence-corrected chi connectivity index (χ4v) is 3.52. The van der Waals surface area contributed by atoms with Gasteiger partial charge < -0.3 is 10.2 Å². The van der Waals surface area contributed by atoms with Gasteiger partial charge in [-0.15, -0.1) is 0 Å². The van der Waals surface area contributed by atoms with Crippen LogP contribution < -0.4 is 0 Å². The van der Waals surface area contributed by atoms with Crippen molar-refractivity contribution in [3.05, 3.63) is 35.9 Å². The van der Waals surface area contributed by atoms with Gasteiger partial charge in [-0.05, 0) is 18.4 Å². The first-order chi connectivity index (χ1) is 9.80. The molecule has 0 saturated carbocycles. The molecule has 0 heterocycles. The van der Waals surface area contributed by atoms with Gasteiger partial charge in [-0.25, -0.2) is 8.42 Å². The molecule has 1 aromatic rings. The number of rotatable bonds is 9. The third kappa shape index (κ3) is 6.89. The highest BCUT2D eigenvalue weighted by molar-refractivity contribution is 7.91. The maximum Gasteiger partial charge on any atom is 0.307 e. The number of hydrogen-bond donors (Lipinski definition) is 2. The minimum absolute atomic E-state index is 0.145. The lowest BCUT2D eigenvalue weighted by atomic mass is 10.1. The van der Waals surface area contributed by atoms with Crippen LogP contribution in [0.2, 0.25) is 0 Å². The first-order valence-corrected chi connectivity index (χ1v) is 8.31. The van der Waals surface area contributed by atoms with Crippen LogP contribution in [0.1, 0.15) is 18.4 Å². The van der Waals surface area contributed by atoms with E-state index in [4.69, 9.17) is 10.2 Å². The number of carboxylic acids is 2. The molecule has 0 aliphatic rings. The number of benzene rings is 1. The number of aliphatic carboxylic acids is 2. The van der Waals surface area contributed by atoms with Crippen molar-refractivity contribution < 1.29 is 28.2 Å². The Labute approximate surface area is 123 Å². The van der Waals surface area contributed by atoms with Crippen LogP contribution in [-0.4, -0.2) is 42.1 Å². The zero-order valence-electron chi connectivity index (χ0n) is 11.4. The maximum absolute atomic E-state index is 12.0. The van der Waals surface area contributed by atoms with Crippen LogP contribution in [0.4, 0.5) is 0 Å². The second kappa shape index (κ2) is 7.78. The van der Waals surface area contributed by atoms with Crippen molar-refractivity contribution in [1.29, 1.82) is 0 Å². The number of sulfone groups is 1. The first-order valence-electron chi connectivity index (χ1n) is 6.49. The molecule has 0 radical (unpaired) electrons. The molecule has 2 N–H and O–H groups in total. The zero-order valence-corrected chi connectivity index (χ0v) is 12.3.